The molecule has 1 aromatic rings. The van der Waals surface area contributed by atoms with E-state index in [1.165, 1.54) is 49.9 Å². The van der Waals surface area contributed by atoms with Gasteiger partial charge in [-0.25, -0.2) is 0 Å². The predicted molar refractivity (Wildman–Crippen MR) is 82.5 cm³/mol. The zero-order valence-electron chi connectivity index (χ0n) is 12.2. The SMILES string of the molecule is CC1CCC(N2CCCc3cc(N)ccc32)CC1C. The first kappa shape index (κ1) is 12.8. The van der Waals surface area contributed by atoms with Crippen molar-refractivity contribution < 1.29 is 0 Å². The van der Waals surface area contributed by atoms with Crippen LogP contribution in [0.15, 0.2) is 18.2 Å². The summed E-state index contributed by atoms with van der Waals surface area (Å²) in [7, 11) is 0. The van der Waals surface area contributed by atoms with Crippen molar-refractivity contribution in [2.75, 3.05) is 17.2 Å². The molecule has 0 saturated heterocycles. The molecule has 0 aromatic heterocycles. The molecule has 2 aliphatic rings. The quantitative estimate of drug-likeness (QED) is 0.775. The van der Waals surface area contributed by atoms with Crippen LogP contribution in [0.3, 0.4) is 0 Å². The highest BCUT2D eigenvalue weighted by Gasteiger charge is 2.30. The second-order valence-corrected chi connectivity index (χ2v) is 6.61. The first-order chi connectivity index (χ1) is 9.15. The summed E-state index contributed by atoms with van der Waals surface area (Å²) in [6, 6.07) is 7.23. The van der Waals surface area contributed by atoms with E-state index in [4.69, 9.17) is 5.73 Å². The van der Waals surface area contributed by atoms with E-state index in [9.17, 15) is 0 Å². The molecule has 3 rings (SSSR count). The molecule has 2 nitrogen and oxygen atoms in total. The second-order valence-electron chi connectivity index (χ2n) is 6.61. The molecule has 0 spiro atoms. The molecule has 2 N–H and O–H groups in total. The average Bonchev–Trinajstić information content (AvgIpc) is 2.41. The highest BCUT2D eigenvalue weighted by Crippen LogP contribution is 2.37. The molecule has 0 bridgehead atoms. The van der Waals surface area contributed by atoms with Gasteiger partial charge in [0.05, 0.1) is 0 Å². The standard InChI is InChI=1S/C17H26N2/c1-12-5-7-16(10-13(12)2)19-9-3-4-14-11-15(18)6-8-17(14)19/h6,8,11-13,16H,3-5,7,9-10,18H2,1-2H3. The molecule has 1 saturated carbocycles. The van der Waals surface area contributed by atoms with Crippen LogP contribution in [0.2, 0.25) is 0 Å². The van der Waals surface area contributed by atoms with E-state index in [-0.39, 0.29) is 0 Å². The fourth-order valence-electron chi connectivity index (χ4n) is 3.83. The Hall–Kier alpha value is -1.18. The smallest absolute Gasteiger partial charge is 0.0402 e. The van der Waals surface area contributed by atoms with E-state index in [2.05, 4.69) is 36.9 Å². The van der Waals surface area contributed by atoms with Gasteiger partial charge in [0.15, 0.2) is 0 Å². The molecule has 1 aliphatic carbocycles. The molecule has 2 heteroatoms. The molecule has 1 fully saturated rings. The molecule has 1 aromatic carbocycles. The van der Waals surface area contributed by atoms with Crippen LogP contribution < -0.4 is 10.6 Å². The van der Waals surface area contributed by atoms with Crippen LogP contribution in [0, 0.1) is 11.8 Å². The Morgan fingerprint density at radius 1 is 1.16 bits per heavy atom. The van der Waals surface area contributed by atoms with Crippen molar-refractivity contribution in [3.63, 3.8) is 0 Å². The van der Waals surface area contributed by atoms with Gasteiger partial charge in [0.25, 0.3) is 0 Å². The zero-order chi connectivity index (χ0) is 13.4. The fraction of sp³-hybridized carbons (Fsp3) is 0.647. The van der Waals surface area contributed by atoms with Crippen LogP contribution in [-0.2, 0) is 6.42 Å². The lowest BCUT2D eigenvalue weighted by Crippen LogP contribution is -2.43. The van der Waals surface area contributed by atoms with Crippen molar-refractivity contribution in [2.24, 2.45) is 11.8 Å². The molecule has 3 atom stereocenters. The molecule has 3 unspecified atom stereocenters. The number of nitrogens with zero attached hydrogens (tertiary/aromatic N) is 1. The molecular weight excluding hydrogens is 232 g/mol. The third-order valence-electron chi connectivity index (χ3n) is 5.27. The molecular formula is C17H26N2. The van der Waals surface area contributed by atoms with E-state index < -0.39 is 0 Å². The largest absolute Gasteiger partial charge is 0.399 e. The van der Waals surface area contributed by atoms with Crippen molar-refractivity contribution in [1.82, 2.24) is 0 Å². The topological polar surface area (TPSA) is 29.3 Å². The Labute approximate surface area is 117 Å². The number of rotatable bonds is 1. The van der Waals surface area contributed by atoms with Gasteiger partial charge >= 0.3 is 0 Å². The Morgan fingerprint density at radius 3 is 2.79 bits per heavy atom. The van der Waals surface area contributed by atoms with Gasteiger partial charge < -0.3 is 10.6 Å². The number of aryl methyl sites for hydroxylation is 1. The van der Waals surface area contributed by atoms with Gasteiger partial charge in [-0.15, -0.1) is 0 Å². The van der Waals surface area contributed by atoms with Gasteiger partial charge in [0.2, 0.25) is 0 Å². The Bertz CT molecular complexity index is 455. The van der Waals surface area contributed by atoms with Crippen molar-refractivity contribution in [2.45, 2.75) is 52.0 Å². The Balaban J connectivity index is 1.83. The molecule has 19 heavy (non-hydrogen) atoms. The molecule has 104 valence electrons. The number of benzene rings is 1. The number of hydrogen-bond acceptors (Lipinski definition) is 2. The first-order valence-corrected chi connectivity index (χ1v) is 7.80. The maximum absolute atomic E-state index is 5.93. The summed E-state index contributed by atoms with van der Waals surface area (Å²) in [5, 5.41) is 0. The summed E-state index contributed by atoms with van der Waals surface area (Å²) < 4.78 is 0. The second kappa shape index (κ2) is 5.07. The van der Waals surface area contributed by atoms with E-state index >= 15 is 0 Å². The van der Waals surface area contributed by atoms with Crippen LogP contribution in [0.4, 0.5) is 11.4 Å². The van der Waals surface area contributed by atoms with E-state index in [0.717, 1.165) is 23.6 Å². The lowest BCUT2D eigenvalue weighted by atomic mass is 9.78. The lowest BCUT2D eigenvalue weighted by molar-refractivity contribution is 0.242. The van der Waals surface area contributed by atoms with Gasteiger partial charge in [-0.2, -0.15) is 0 Å². The Kier molecular flexibility index (Phi) is 3.42. The highest BCUT2D eigenvalue weighted by molar-refractivity contribution is 5.61. The van der Waals surface area contributed by atoms with E-state index in [1.807, 2.05) is 0 Å². The summed E-state index contributed by atoms with van der Waals surface area (Å²) in [6.45, 7) is 6.05. The fourth-order valence-corrected chi connectivity index (χ4v) is 3.83. The summed E-state index contributed by atoms with van der Waals surface area (Å²) in [6.07, 6.45) is 6.55. The predicted octanol–water partition coefficient (Wildman–Crippen LogP) is 3.85. The average molecular weight is 258 g/mol. The third-order valence-corrected chi connectivity index (χ3v) is 5.27. The van der Waals surface area contributed by atoms with E-state index in [0.29, 0.717) is 0 Å². The number of fused-ring (bicyclic) bond motifs is 1. The third kappa shape index (κ3) is 2.45. The summed E-state index contributed by atoms with van der Waals surface area (Å²) in [5.41, 5.74) is 9.74. The van der Waals surface area contributed by atoms with Crippen LogP contribution >= 0.6 is 0 Å². The highest BCUT2D eigenvalue weighted by atomic mass is 15.2. The number of nitrogen functional groups attached to an aromatic ring is 1. The zero-order valence-corrected chi connectivity index (χ0v) is 12.2. The van der Waals surface area contributed by atoms with Crippen molar-refractivity contribution >= 4 is 11.4 Å². The molecule has 1 aliphatic heterocycles. The summed E-state index contributed by atoms with van der Waals surface area (Å²) in [4.78, 5) is 2.67. The molecule has 0 amide bonds. The lowest BCUT2D eigenvalue weighted by Gasteiger charge is -2.43. The van der Waals surface area contributed by atoms with Crippen LogP contribution in [0.5, 0.6) is 0 Å². The van der Waals surface area contributed by atoms with Gasteiger partial charge in [-0.05, 0) is 67.7 Å². The number of hydrogen-bond donors (Lipinski definition) is 1. The minimum atomic E-state index is 0.744. The minimum Gasteiger partial charge on any atom is -0.399 e. The van der Waals surface area contributed by atoms with Gasteiger partial charge in [-0.1, -0.05) is 13.8 Å². The molecule has 0 radical (unpaired) electrons. The van der Waals surface area contributed by atoms with Gasteiger partial charge in [0.1, 0.15) is 0 Å². The minimum absolute atomic E-state index is 0.744. The summed E-state index contributed by atoms with van der Waals surface area (Å²) in [5.74, 6) is 1.75. The van der Waals surface area contributed by atoms with Crippen molar-refractivity contribution in [3.8, 4) is 0 Å². The maximum atomic E-state index is 5.93. The Morgan fingerprint density at radius 2 is 2.00 bits per heavy atom. The number of anilines is 2. The summed E-state index contributed by atoms with van der Waals surface area (Å²) >= 11 is 0. The first-order valence-electron chi connectivity index (χ1n) is 7.80. The van der Waals surface area contributed by atoms with Gasteiger partial charge in [0, 0.05) is 24.0 Å². The molecule has 1 heterocycles. The van der Waals surface area contributed by atoms with E-state index in [1.54, 1.807) is 0 Å². The number of nitrogens with two attached hydrogens (primary N) is 1. The van der Waals surface area contributed by atoms with Crippen LogP contribution in [0.1, 0.15) is 45.1 Å². The maximum Gasteiger partial charge on any atom is 0.0402 e. The van der Waals surface area contributed by atoms with Crippen LogP contribution in [0.25, 0.3) is 0 Å². The van der Waals surface area contributed by atoms with Crippen molar-refractivity contribution in [1.29, 1.82) is 0 Å². The normalized spacial score (nSPS) is 31.1. The van der Waals surface area contributed by atoms with Crippen molar-refractivity contribution in [3.05, 3.63) is 23.8 Å². The van der Waals surface area contributed by atoms with Gasteiger partial charge in [-0.3, -0.25) is 0 Å². The monoisotopic (exact) mass is 258 g/mol. The van der Waals surface area contributed by atoms with Crippen LogP contribution in [-0.4, -0.2) is 12.6 Å².